The fourth-order valence-electron chi connectivity index (χ4n) is 2.09. The fourth-order valence-corrected chi connectivity index (χ4v) is 2.22. The monoisotopic (exact) mass is 286 g/mol. The van der Waals surface area contributed by atoms with Crippen LogP contribution in [0.3, 0.4) is 0 Å². The van der Waals surface area contributed by atoms with Crippen molar-refractivity contribution >= 4 is 17.4 Å². The summed E-state index contributed by atoms with van der Waals surface area (Å²) in [6.07, 6.45) is 0. The Morgan fingerprint density at radius 2 is 1.30 bits per heavy atom. The molecule has 2 aromatic rings. The lowest BCUT2D eigenvalue weighted by atomic mass is 9.89. The van der Waals surface area contributed by atoms with Crippen LogP contribution in [0.25, 0.3) is 0 Å². The van der Waals surface area contributed by atoms with Crippen molar-refractivity contribution in [3.63, 3.8) is 0 Å². The summed E-state index contributed by atoms with van der Waals surface area (Å²) in [5.74, 6) is 1.12. The van der Waals surface area contributed by atoms with Crippen molar-refractivity contribution in [2.75, 3.05) is 0 Å². The molecule has 0 aliphatic rings. The maximum absolute atomic E-state index is 12.3. The highest BCUT2D eigenvalue weighted by Gasteiger charge is 2.12. The third-order valence-corrected chi connectivity index (χ3v) is 4.06. The molecule has 0 spiro atoms. The topological polar surface area (TPSA) is 17.1 Å². The van der Waals surface area contributed by atoms with E-state index < -0.39 is 0 Å². The van der Waals surface area contributed by atoms with E-state index in [9.17, 15) is 4.79 Å². The molecule has 104 valence electrons. The number of benzene rings is 2. The molecule has 0 saturated heterocycles. The van der Waals surface area contributed by atoms with Gasteiger partial charge in [0, 0.05) is 16.1 Å². The summed E-state index contributed by atoms with van der Waals surface area (Å²) in [5, 5.41) is 0.641. The molecule has 0 heterocycles. The first-order chi connectivity index (χ1) is 9.49. The first kappa shape index (κ1) is 14.8. The zero-order valence-electron chi connectivity index (χ0n) is 12.1. The van der Waals surface area contributed by atoms with Crippen LogP contribution in [0.15, 0.2) is 48.5 Å². The van der Waals surface area contributed by atoms with Gasteiger partial charge in [-0.05, 0) is 41.7 Å². The maximum atomic E-state index is 12.3. The Kier molecular flexibility index (Phi) is 4.61. The molecule has 1 nitrogen and oxygen atoms in total. The number of rotatable bonds is 4. The van der Waals surface area contributed by atoms with E-state index in [1.54, 1.807) is 24.3 Å². The number of carbonyl (C=O) groups excluding carboxylic acids is 1. The molecular formula is C18H19ClO. The Labute approximate surface area is 125 Å². The Morgan fingerprint density at radius 3 is 1.75 bits per heavy atom. The second-order valence-electron chi connectivity index (χ2n) is 5.49. The summed E-state index contributed by atoms with van der Waals surface area (Å²) in [6.45, 7) is 6.62. The van der Waals surface area contributed by atoms with E-state index >= 15 is 0 Å². The predicted octanol–water partition coefficient (Wildman–Crippen LogP) is 5.33. The summed E-state index contributed by atoms with van der Waals surface area (Å²) >= 11 is 5.84. The molecule has 1 unspecified atom stereocenters. The smallest absolute Gasteiger partial charge is 0.193 e. The van der Waals surface area contributed by atoms with Crippen LogP contribution >= 0.6 is 11.6 Å². The molecule has 2 aromatic carbocycles. The summed E-state index contributed by atoms with van der Waals surface area (Å²) in [4.78, 5) is 12.3. The summed E-state index contributed by atoms with van der Waals surface area (Å²) in [7, 11) is 0. The molecule has 0 amide bonds. The van der Waals surface area contributed by atoms with Crippen molar-refractivity contribution in [2.45, 2.75) is 26.7 Å². The van der Waals surface area contributed by atoms with E-state index in [-0.39, 0.29) is 5.78 Å². The van der Waals surface area contributed by atoms with E-state index in [1.165, 1.54) is 5.56 Å². The van der Waals surface area contributed by atoms with Crippen molar-refractivity contribution in [1.82, 2.24) is 0 Å². The Hall–Kier alpha value is -1.60. The van der Waals surface area contributed by atoms with Crippen molar-refractivity contribution in [2.24, 2.45) is 5.92 Å². The predicted molar refractivity (Wildman–Crippen MR) is 84.6 cm³/mol. The highest BCUT2D eigenvalue weighted by molar-refractivity contribution is 6.30. The van der Waals surface area contributed by atoms with Crippen LogP contribution in [-0.4, -0.2) is 5.78 Å². The lowest BCUT2D eigenvalue weighted by Gasteiger charge is -2.16. The van der Waals surface area contributed by atoms with Crippen molar-refractivity contribution in [1.29, 1.82) is 0 Å². The standard InChI is InChI=1S/C18H19ClO/c1-12(2)13(3)14-4-6-15(7-5-14)18(20)16-8-10-17(19)11-9-16/h4-13H,1-3H3. The molecule has 2 heteroatoms. The fraction of sp³-hybridized carbons (Fsp3) is 0.278. The van der Waals surface area contributed by atoms with Gasteiger partial charge in [0.1, 0.15) is 0 Å². The second-order valence-corrected chi connectivity index (χ2v) is 5.93. The van der Waals surface area contributed by atoms with Gasteiger partial charge in [0.15, 0.2) is 5.78 Å². The second kappa shape index (κ2) is 6.23. The zero-order valence-corrected chi connectivity index (χ0v) is 12.8. The zero-order chi connectivity index (χ0) is 14.7. The Balaban J connectivity index is 2.21. The first-order valence-corrected chi connectivity index (χ1v) is 7.27. The molecule has 0 bridgehead atoms. The Morgan fingerprint density at radius 1 is 0.850 bits per heavy atom. The van der Waals surface area contributed by atoms with Crippen LogP contribution in [0.4, 0.5) is 0 Å². The first-order valence-electron chi connectivity index (χ1n) is 6.89. The van der Waals surface area contributed by atoms with Gasteiger partial charge in [-0.15, -0.1) is 0 Å². The number of hydrogen-bond donors (Lipinski definition) is 0. The van der Waals surface area contributed by atoms with E-state index in [4.69, 9.17) is 11.6 Å². The van der Waals surface area contributed by atoms with Gasteiger partial charge in [-0.1, -0.05) is 56.6 Å². The van der Waals surface area contributed by atoms with Crippen LogP contribution in [0, 0.1) is 5.92 Å². The SMILES string of the molecule is CC(C)C(C)c1ccc(C(=O)c2ccc(Cl)cc2)cc1. The molecule has 1 atom stereocenters. The third-order valence-electron chi connectivity index (χ3n) is 3.81. The molecule has 0 N–H and O–H groups in total. The molecule has 20 heavy (non-hydrogen) atoms. The van der Waals surface area contributed by atoms with Crippen molar-refractivity contribution in [3.05, 3.63) is 70.2 Å². The number of halogens is 1. The third kappa shape index (κ3) is 3.29. The number of ketones is 1. The van der Waals surface area contributed by atoms with Gasteiger partial charge in [0.2, 0.25) is 0 Å². The minimum Gasteiger partial charge on any atom is -0.289 e. The van der Waals surface area contributed by atoms with E-state index in [2.05, 4.69) is 20.8 Å². The number of carbonyl (C=O) groups is 1. The molecular weight excluding hydrogens is 268 g/mol. The molecule has 0 radical (unpaired) electrons. The van der Waals surface area contributed by atoms with E-state index in [1.807, 2.05) is 24.3 Å². The average molecular weight is 287 g/mol. The maximum Gasteiger partial charge on any atom is 0.193 e. The number of hydrogen-bond acceptors (Lipinski definition) is 1. The minimum absolute atomic E-state index is 0.0328. The summed E-state index contributed by atoms with van der Waals surface area (Å²) in [5.41, 5.74) is 2.65. The molecule has 0 aliphatic heterocycles. The molecule has 0 aliphatic carbocycles. The lowest BCUT2D eigenvalue weighted by molar-refractivity contribution is 0.103. The van der Waals surface area contributed by atoms with Gasteiger partial charge in [-0.2, -0.15) is 0 Å². The van der Waals surface area contributed by atoms with Crippen molar-refractivity contribution in [3.8, 4) is 0 Å². The quantitative estimate of drug-likeness (QED) is 0.694. The van der Waals surface area contributed by atoms with Gasteiger partial charge in [0.25, 0.3) is 0 Å². The molecule has 0 fully saturated rings. The van der Waals surface area contributed by atoms with E-state index in [0.29, 0.717) is 28.0 Å². The van der Waals surface area contributed by atoms with Gasteiger partial charge in [0.05, 0.1) is 0 Å². The van der Waals surface area contributed by atoms with Crippen LogP contribution < -0.4 is 0 Å². The van der Waals surface area contributed by atoms with Crippen LogP contribution in [0.5, 0.6) is 0 Å². The largest absolute Gasteiger partial charge is 0.289 e. The summed E-state index contributed by atoms with van der Waals surface area (Å²) in [6, 6.07) is 14.9. The molecule has 0 aromatic heterocycles. The van der Waals surface area contributed by atoms with Gasteiger partial charge in [-0.25, -0.2) is 0 Å². The molecule has 0 saturated carbocycles. The van der Waals surface area contributed by atoms with Crippen LogP contribution in [-0.2, 0) is 0 Å². The summed E-state index contributed by atoms with van der Waals surface area (Å²) < 4.78 is 0. The minimum atomic E-state index is 0.0328. The molecule has 2 rings (SSSR count). The highest BCUT2D eigenvalue weighted by atomic mass is 35.5. The average Bonchev–Trinajstić information content (AvgIpc) is 2.46. The normalized spacial score (nSPS) is 12.4. The lowest BCUT2D eigenvalue weighted by Crippen LogP contribution is -2.04. The van der Waals surface area contributed by atoms with Crippen LogP contribution in [0.1, 0.15) is 48.2 Å². The Bertz CT molecular complexity index is 582. The van der Waals surface area contributed by atoms with E-state index in [0.717, 1.165) is 0 Å². The van der Waals surface area contributed by atoms with Gasteiger partial charge >= 0.3 is 0 Å². The van der Waals surface area contributed by atoms with Gasteiger partial charge in [-0.3, -0.25) is 4.79 Å². The van der Waals surface area contributed by atoms with Gasteiger partial charge < -0.3 is 0 Å². The van der Waals surface area contributed by atoms with Crippen LogP contribution in [0.2, 0.25) is 5.02 Å². The highest BCUT2D eigenvalue weighted by Crippen LogP contribution is 2.24. The van der Waals surface area contributed by atoms with Crippen molar-refractivity contribution < 1.29 is 4.79 Å².